The zero-order chi connectivity index (χ0) is 5.98. The Kier molecular flexibility index (Phi) is 2.13. The van der Waals surface area contributed by atoms with Gasteiger partial charge in [0.25, 0.3) is 0 Å². The molecule has 0 aromatic rings. The lowest BCUT2D eigenvalue weighted by atomic mass is 10.4. The molecule has 0 spiro atoms. The zero-order valence-electron chi connectivity index (χ0n) is 4.37. The summed E-state index contributed by atoms with van der Waals surface area (Å²) in [6.45, 7) is 0.115. The van der Waals surface area contributed by atoms with Crippen LogP contribution >= 0.6 is 11.8 Å². The van der Waals surface area contributed by atoms with Crippen molar-refractivity contribution in [3.8, 4) is 0 Å². The van der Waals surface area contributed by atoms with E-state index in [9.17, 15) is 0 Å². The average molecular weight is 135 g/mol. The minimum atomic E-state index is -0.466. The Balaban J connectivity index is 2.22. The molecule has 0 radical (unpaired) electrons. The Morgan fingerprint density at radius 3 is 2.75 bits per heavy atom. The van der Waals surface area contributed by atoms with Crippen LogP contribution < -0.4 is 5.32 Å². The van der Waals surface area contributed by atoms with E-state index >= 15 is 0 Å². The standard InChI is InChI=1S/C4H9NO2S/c6-1-3-2-8-4(7)5-3/h3-7H,1-2H2. The predicted octanol–water partition coefficient (Wildman–Crippen LogP) is -1.04. The van der Waals surface area contributed by atoms with E-state index in [1.54, 1.807) is 0 Å². The second-order valence-electron chi connectivity index (χ2n) is 1.73. The molecule has 1 rings (SSSR count). The van der Waals surface area contributed by atoms with Crippen LogP contribution in [-0.2, 0) is 0 Å². The number of hydrogen-bond donors (Lipinski definition) is 3. The summed E-state index contributed by atoms with van der Waals surface area (Å²) in [4.78, 5) is 0. The monoisotopic (exact) mass is 135 g/mol. The molecule has 0 aromatic heterocycles. The van der Waals surface area contributed by atoms with Crippen LogP contribution in [0.5, 0.6) is 0 Å². The van der Waals surface area contributed by atoms with Crippen molar-refractivity contribution in [1.82, 2.24) is 5.32 Å². The van der Waals surface area contributed by atoms with E-state index in [4.69, 9.17) is 10.2 Å². The first-order valence-corrected chi connectivity index (χ1v) is 3.54. The van der Waals surface area contributed by atoms with Crippen LogP contribution in [0, 0.1) is 0 Å². The van der Waals surface area contributed by atoms with Crippen LogP contribution in [0.2, 0.25) is 0 Å². The summed E-state index contributed by atoms with van der Waals surface area (Å²) in [5.74, 6) is 0.803. The van der Waals surface area contributed by atoms with Gasteiger partial charge in [0.2, 0.25) is 0 Å². The number of rotatable bonds is 1. The maximum atomic E-state index is 8.77. The van der Waals surface area contributed by atoms with Crippen LogP contribution in [0.4, 0.5) is 0 Å². The lowest BCUT2D eigenvalue weighted by Crippen LogP contribution is -2.32. The maximum absolute atomic E-state index is 8.77. The third-order valence-electron chi connectivity index (χ3n) is 1.05. The van der Waals surface area contributed by atoms with Crippen LogP contribution in [0.25, 0.3) is 0 Å². The molecular weight excluding hydrogens is 126 g/mol. The molecule has 0 bridgehead atoms. The molecule has 1 saturated heterocycles. The largest absolute Gasteiger partial charge is 0.395 e. The Morgan fingerprint density at radius 2 is 2.50 bits per heavy atom. The van der Waals surface area contributed by atoms with E-state index in [2.05, 4.69) is 5.32 Å². The van der Waals surface area contributed by atoms with Gasteiger partial charge in [-0.3, -0.25) is 5.32 Å². The van der Waals surface area contributed by atoms with Gasteiger partial charge in [-0.05, 0) is 0 Å². The summed E-state index contributed by atoms with van der Waals surface area (Å²) >= 11 is 1.41. The molecule has 1 aliphatic rings. The highest BCUT2D eigenvalue weighted by molar-refractivity contribution is 7.99. The Labute approximate surface area is 52.1 Å². The van der Waals surface area contributed by atoms with Gasteiger partial charge in [-0.15, -0.1) is 11.8 Å². The summed E-state index contributed by atoms with van der Waals surface area (Å²) in [6, 6.07) is 0.0926. The van der Waals surface area contributed by atoms with Gasteiger partial charge in [0, 0.05) is 11.8 Å². The van der Waals surface area contributed by atoms with Gasteiger partial charge in [0.15, 0.2) is 5.56 Å². The lowest BCUT2D eigenvalue weighted by molar-refractivity contribution is 0.188. The lowest BCUT2D eigenvalue weighted by Gasteiger charge is -2.03. The average Bonchev–Trinajstić information content (AvgIpc) is 2.14. The highest BCUT2D eigenvalue weighted by Gasteiger charge is 2.20. The summed E-state index contributed by atoms with van der Waals surface area (Å²) in [6.07, 6.45) is 0. The van der Waals surface area contributed by atoms with Crippen LogP contribution in [0.1, 0.15) is 0 Å². The fourth-order valence-electron chi connectivity index (χ4n) is 0.611. The molecule has 1 heterocycles. The van der Waals surface area contributed by atoms with Crippen molar-refractivity contribution < 1.29 is 10.2 Å². The molecule has 4 heteroatoms. The van der Waals surface area contributed by atoms with Gasteiger partial charge in [-0.2, -0.15) is 0 Å². The first-order valence-electron chi connectivity index (χ1n) is 2.49. The van der Waals surface area contributed by atoms with Crippen LogP contribution in [-0.4, -0.2) is 34.2 Å². The Bertz CT molecular complexity index is 80.4. The van der Waals surface area contributed by atoms with E-state index in [-0.39, 0.29) is 12.6 Å². The van der Waals surface area contributed by atoms with Gasteiger partial charge >= 0.3 is 0 Å². The molecule has 0 aliphatic carbocycles. The van der Waals surface area contributed by atoms with Gasteiger partial charge in [0.1, 0.15) is 0 Å². The van der Waals surface area contributed by atoms with Crippen LogP contribution in [0.3, 0.4) is 0 Å². The van der Waals surface area contributed by atoms with E-state index in [0.717, 1.165) is 5.75 Å². The molecule has 0 amide bonds. The second-order valence-corrected chi connectivity index (χ2v) is 2.85. The molecule has 1 fully saturated rings. The molecule has 3 nitrogen and oxygen atoms in total. The van der Waals surface area contributed by atoms with Crippen molar-refractivity contribution in [3.05, 3.63) is 0 Å². The number of aliphatic hydroxyl groups excluding tert-OH is 2. The van der Waals surface area contributed by atoms with Crippen molar-refractivity contribution in [2.75, 3.05) is 12.4 Å². The summed E-state index contributed by atoms with van der Waals surface area (Å²) in [7, 11) is 0. The summed E-state index contributed by atoms with van der Waals surface area (Å²) < 4.78 is 0. The van der Waals surface area contributed by atoms with Crippen molar-refractivity contribution in [3.63, 3.8) is 0 Å². The van der Waals surface area contributed by atoms with Gasteiger partial charge in [-0.25, -0.2) is 0 Å². The Morgan fingerprint density at radius 1 is 1.75 bits per heavy atom. The SMILES string of the molecule is OCC1CSC(O)N1. The Hall–Kier alpha value is 0.230. The van der Waals surface area contributed by atoms with Crippen molar-refractivity contribution in [2.24, 2.45) is 0 Å². The fraction of sp³-hybridized carbons (Fsp3) is 1.00. The topological polar surface area (TPSA) is 52.5 Å². The first kappa shape index (κ1) is 6.35. The summed E-state index contributed by atoms with van der Waals surface area (Å²) in [5.41, 5.74) is -0.466. The number of hydrogen-bond acceptors (Lipinski definition) is 4. The normalized spacial score (nSPS) is 38.2. The highest BCUT2D eigenvalue weighted by atomic mass is 32.2. The van der Waals surface area contributed by atoms with Gasteiger partial charge in [-0.1, -0.05) is 0 Å². The smallest absolute Gasteiger partial charge is 0.153 e. The molecule has 8 heavy (non-hydrogen) atoms. The minimum Gasteiger partial charge on any atom is -0.395 e. The van der Waals surface area contributed by atoms with Crippen molar-refractivity contribution in [2.45, 2.75) is 11.6 Å². The quantitative estimate of drug-likeness (QED) is 0.430. The van der Waals surface area contributed by atoms with Crippen LogP contribution in [0.15, 0.2) is 0 Å². The third-order valence-corrected chi connectivity index (χ3v) is 2.10. The van der Waals surface area contributed by atoms with Gasteiger partial charge < -0.3 is 10.2 Å². The van der Waals surface area contributed by atoms with E-state index in [1.807, 2.05) is 0 Å². The van der Waals surface area contributed by atoms with Gasteiger partial charge in [0.05, 0.1) is 6.61 Å². The fourth-order valence-corrected chi connectivity index (χ4v) is 1.52. The third kappa shape index (κ3) is 1.35. The highest BCUT2D eigenvalue weighted by Crippen LogP contribution is 2.14. The molecule has 48 valence electrons. The molecule has 0 aromatic carbocycles. The number of nitrogens with one attached hydrogen (secondary N) is 1. The molecule has 3 N–H and O–H groups in total. The summed E-state index contributed by atoms with van der Waals surface area (Å²) in [5, 5.41) is 20.0. The molecule has 2 atom stereocenters. The molecule has 2 unspecified atom stereocenters. The first-order chi connectivity index (χ1) is 3.83. The molecule has 0 saturated carbocycles. The molecule has 1 aliphatic heterocycles. The number of aliphatic hydroxyl groups is 2. The van der Waals surface area contributed by atoms with Crippen molar-refractivity contribution in [1.29, 1.82) is 0 Å². The van der Waals surface area contributed by atoms with E-state index in [0.29, 0.717) is 0 Å². The maximum Gasteiger partial charge on any atom is 0.153 e. The van der Waals surface area contributed by atoms with E-state index < -0.39 is 5.56 Å². The van der Waals surface area contributed by atoms with Crippen molar-refractivity contribution >= 4 is 11.8 Å². The minimum absolute atomic E-state index is 0.0926. The molecular formula is C4H9NO2S. The number of thioether (sulfide) groups is 1. The predicted molar refractivity (Wildman–Crippen MR) is 32.5 cm³/mol. The van der Waals surface area contributed by atoms with E-state index in [1.165, 1.54) is 11.8 Å². The second kappa shape index (κ2) is 2.68. The zero-order valence-corrected chi connectivity index (χ0v) is 5.19.